The molecule has 1 aromatic heterocycles. The Morgan fingerprint density at radius 1 is 1.00 bits per heavy atom. The van der Waals surface area contributed by atoms with E-state index in [1.165, 1.54) is 36.4 Å². The van der Waals surface area contributed by atoms with Gasteiger partial charge in [0.15, 0.2) is 16.6 Å². The van der Waals surface area contributed by atoms with Gasteiger partial charge in [-0.25, -0.2) is 13.4 Å². The molecule has 4 aromatic rings. The van der Waals surface area contributed by atoms with Crippen LogP contribution >= 0.6 is 11.3 Å². The molecule has 0 bridgehead atoms. The van der Waals surface area contributed by atoms with Crippen LogP contribution in [0.15, 0.2) is 65.6 Å². The molecule has 1 amide bonds. The number of rotatable bonds is 5. The SMILES string of the molecule is Cc1ccc(S(=O)(=O)Nc2ccccc2C(=O)Nc2nc3cc(O)c(O)cc3s2)cc1. The molecule has 31 heavy (non-hydrogen) atoms. The summed E-state index contributed by atoms with van der Waals surface area (Å²) >= 11 is 1.11. The van der Waals surface area contributed by atoms with Gasteiger partial charge in [-0.3, -0.25) is 14.8 Å². The van der Waals surface area contributed by atoms with Crippen LogP contribution in [0.2, 0.25) is 0 Å². The van der Waals surface area contributed by atoms with Gasteiger partial charge < -0.3 is 10.2 Å². The van der Waals surface area contributed by atoms with Gasteiger partial charge in [-0.15, -0.1) is 0 Å². The van der Waals surface area contributed by atoms with Gasteiger partial charge in [0.25, 0.3) is 15.9 Å². The maximum Gasteiger partial charge on any atom is 0.261 e. The molecule has 0 unspecified atom stereocenters. The monoisotopic (exact) mass is 455 g/mol. The van der Waals surface area contributed by atoms with E-state index in [0.29, 0.717) is 10.2 Å². The second kappa shape index (κ2) is 7.89. The van der Waals surface area contributed by atoms with Crippen LogP contribution in [0.25, 0.3) is 10.2 Å². The van der Waals surface area contributed by atoms with E-state index in [0.717, 1.165) is 16.9 Å². The number of phenolic OH excluding ortho intramolecular Hbond substituents is 2. The van der Waals surface area contributed by atoms with E-state index in [9.17, 15) is 23.4 Å². The van der Waals surface area contributed by atoms with E-state index in [-0.39, 0.29) is 32.8 Å². The Morgan fingerprint density at radius 3 is 2.42 bits per heavy atom. The van der Waals surface area contributed by atoms with Crippen molar-refractivity contribution in [3.05, 3.63) is 71.8 Å². The molecule has 158 valence electrons. The van der Waals surface area contributed by atoms with Crippen LogP contribution in [-0.4, -0.2) is 29.5 Å². The zero-order chi connectivity index (χ0) is 22.2. The van der Waals surface area contributed by atoms with E-state index in [4.69, 9.17) is 0 Å². The van der Waals surface area contributed by atoms with Crippen molar-refractivity contribution in [2.24, 2.45) is 0 Å². The van der Waals surface area contributed by atoms with Crippen molar-refractivity contribution >= 4 is 48.3 Å². The second-order valence-corrected chi connectivity index (χ2v) is 9.46. The van der Waals surface area contributed by atoms with E-state index >= 15 is 0 Å². The van der Waals surface area contributed by atoms with Crippen LogP contribution in [0.1, 0.15) is 15.9 Å². The zero-order valence-electron chi connectivity index (χ0n) is 16.2. The number of thiazole rings is 1. The van der Waals surface area contributed by atoms with Crippen molar-refractivity contribution in [2.45, 2.75) is 11.8 Å². The van der Waals surface area contributed by atoms with Crippen molar-refractivity contribution in [1.29, 1.82) is 0 Å². The number of carbonyl (C=O) groups is 1. The average molecular weight is 456 g/mol. The minimum absolute atomic E-state index is 0.0825. The smallest absolute Gasteiger partial charge is 0.261 e. The molecular formula is C21H17N3O5S2. The lowest BCUT2D eigenvalue weighted by Gasteiger charge is -2.12. The summed E-state index contributed by atoms with van der Waals surface area (Å²) < 4.78 is 28.5. The molecule has 0 spiro atoms. The van der Waals surface area contributed by atoms with Crippen molar-refractivity contribution < 1.29 is 23.4 Å². The normalized spacial score (nSPS) is 11.4. The molecule has 0 saturated carbocycles. The van der Waals surface area contributed by atoms with Gasteiger partial charge in [-0.1, -0.05) is 41.2 Å². The van der Waals surface area contributed by atoms with E-state index < -0.39 is 15.9 Å². The van der Waals surface area contributed by atoms with E-state index in [1.807, 2.05) is 6.92 Å². The third kappa shape index (κ3) is 4.30. The molecule has 0 atom stereocenters. The van der Waals surface area contributed by atoms with Gasteiger partial charge in [0.05, 0.1) is 26.4 Å². The number of aryl methyl sites for hydroxylation is 1. The van der Waals surface area contributed by atoms with Crippen molar-refractivity contribution in [3.8, 4) is 11.5 Å². The first-order valence-electron chi connectivity index (χ1n) is 9.05. The lowest BCUT2D eigenvalue weighted by molar-refractivity contribution is 0.102. The molecule has 0 saturated heterocycles. The second-order valence-electron chi connectivity index (χ2n) is 6.75. The molecule has 0 aliphatic rings. The molecule has 1 heterocycles. The number of anilines is 2. The van der Waals surface area contributed by atoms with Crippen LogP contribution in [-0.2, 0) is 10.0 Å². The summed E-state index contributed by atoms with van der Waals surface area (Å²) in [4.78, 5) is 17.1. The fraction of sp³-hybridized carbons (Fsp3) is 0.0476. The predicted octanol–water partition coefficient (Wildman–Crippen LogP) is 4.07. The van der Waals surface area contributed by atoms with Gasteiger partial charge in [-0.05, 0) is 31.2 Å². The van der Waals surface area contributed by atoms with Gasteiger partial charge in [0, 0.05) is 12.1 Å². The largest absolute Gasteiger partial charge is 0.504 e. The number of aromatic hydroxyl groups is 2. The highest BCUT2D eigenvalue weighted by Crippen LogP contribution is 2.35. The summed E-state index contributed by atoms with van der Waals surface area (Å²) in [5.41, 5.74) is 1.57. The Morgan fingerprint density at radius 2 is 1.68 bits per heavy atom. The first kappa shape index (κ1) is 20.6. The maximum absolute atomic E-state index is 12.8. The van der Waals surface area contributed by atoms with E-state index in [2.05, 4.69) is 15.0 Å². The summed E-state index contributed by atoms with van der Waals surface area (Å²) in [7, 11) is -3.89. The van der Waals surface area contributed by atoms with Crippen LogP contribution in [0, 0.1) is 6.92 Å². The Balaban J connectivity index is 1.61. The number of aromatic nitrogens is 1. The summed E-state index contributed by atoms with van der Waals surface area (Å²) in [6.45, 7) is 1.86. The van der Waals surface area contributed by atoms with Crippen molar-refractivity contribution in [3.63, 3.8) is 0 Å². The fourth-order valence-corrected chi connectivity index (χ4v) is 4.82. The van der Waals surface area contributed by atoms with Gasteiger partial charge >= 0.3 is 0 Å². The Hall–Kier alpha value is -3.63. The van der Waals surface area contributed by atoms with Gasteiger partial charge in [-0.2, -0.15) is 0 Å². The first-order valence-corrected chi connectivity index (χ1v) is 11.4. The van der Waals surface area contributed by atoms with Crippen molar-refractivity contribution in [1.82, 2.24) is 4.98 Å². The van der Waals surface area contributed by atoms with Gasteiger partial charge in [0.2, 0.25) is 0 Å². The highest BCUT2D eigenvalue weighted by Gasteiger charge is 2.19. The Bertz CT molecular complexity index is 1360. The molecule has 3 aromatic carbocycles. The number of hydrogen-bond acceptors (Lipinski definition) is 7. The molecule has 0 aliphatic heterocycles. The Labute approximate surface area is 181 Å². The summed E-state index contributed by atoms with van der Waals surface area (Å²) in [6.07, 6.45) is 0. The lowest BCUT2D eigenvalue weighted by atomic mass is 10.2. The number of nitrogens with one attached hydrogen (secondary N) is 2. The third-order valence-electron chi connectivity index (χ3n) is 4.45. The topological polar surface area (TPSA) is 129 Å². The summed E-state index contributed by atoms with van der Waals surface area (Å²) in [5.74, 6) is -1.16. The molecule has 10 heteroatoms. The third-order valence-corrected chi connectivity index (χ3v) is 6.77. The lowest BCUT2D eigenvalue weighted by Crippen LogP contribution is -2.18. The number of phenols is 2. The molecular weight excluding hydrogens is 438 g/mol. The molecule has 4 N–H and O–H groups in total. The number of para-hydroxylation sites is 1. The number of carbonyl (C=O) groups excluding carboxylic acids is 1. The molecule has 0 aliphatic carbocycles. The van der Waals surface area contributed by atoms with Crippen molar-refractivity contribution in [2.75, 3.05) is 10.0 Å². The molecule has 0 fully saturated rings. The number of sulfonamides is 1. The van der Waals surface area contributed by atoms with Crippen LogP contribution in [0.3, 0.4) is 0 Å². The standard InChI is InChI=1S/C21H17N3O5S2/c1-12-6-8-13(9-7-12)31(28,29)24-15-5-3-2-4-14(15)20(27)23-21-22-16-10-17(25)18(26)11-19(16)30-21/h2-11,24-26H,1H3,(H,22,23,27). The minimum atomic E-state index is -3.89. The number of fused-ring (bicyclic) bond motifs is 1. The van der Waals surface area contributed by atoms with Gasteiger partial charge in [0.1, 0.15) is 0 Å². The predicted molar refractivity (Wildman–Crippen MR) is 119 cm³/mol. The minimum Gasteiger partial charge on any atom is -0.504 e. The summed E-state index contributed by atoms with van der Waals surface area (Å²) in [6, 6.07) is 15.2. The molecule has 8 nitrogen and oxygen atoms in total. The fourth-order valence-electron chi connectivity index (χ4n) is 2.86. The number of nitrogens with zero attached hydrogens (tertiary/aromatic N) is 1. The average Bonchev–Trinajstić information content (AvgIpc) is 3.09. The first-order chi connectivity index (χ1) is 14.7. The van der Waals surface area contributed by atoms with Crippen LogP contribution in [0.5, 0.6) is 11.5 Å². The van der Waals surface area contributed by atoms with E-state index in [1.54, 1.807) is 24.3 Å². The number of amides is 1. The summed E-state index contributed by atoms with van der Waals surface area (Å²) in [5, 5.41) is 22.1. The maximum atomic E-state index is 12.8. The highest BCUT2D eigenvalue weighted by molar-refractivity contribution is 7.92. The molecule has 0 radical (unpaired) electrons. The quantitative estimate of drug-likeness (QED) is 0.336. The molecule has 4 rings (SSSR count). The zero-order valence-corrected chi connectivity index (χ0v) is 17.8. The highest BCUT2D eigenvalue weighted by atomic mass is 32.2. The van der Waals surface area contributed by atoms with Crippen LogP contribution in [0.4, 0.5) is 10.8 Å². The number of benzene rings is 3. The Kier molecular flexibility index (Phi) is 5.25. The number of hydrogen-bond donors (Lipinski definition) is 4. The van der Waals surface area contributed by atoms with Crippen LogP contribution < -0.4 is 10.0 Å².